The summed E-state index contributed by atoms with van der Waals surface area (Å²) in [5, 5.41) is 0. The summed E-state index contributed by atoms with van der Waals surface area (Å²) < 4.78 is 11.1. The van der Waals surface area contributed by atoms with Crippen molar-refractivity contribution in [1.82, 2.24) is 0 Å². The maximum Gasteiger partial charge on any atom is 0.311 e. The number of ether oxygens (including phenoxy) is 2. The Balaban J connectivity index is 1.78. The van der Waals surface area contributed by atoms with Gasteiger partial charge < -0.3 is 9.47 Å². The van der Waals surface area contributed by atoms with Crippen LogP contribution in [0.4, 0.5) is 0 Å². The molecule has 0 amide bonds. The number of rotatable bonds is 5. The zero-order valence-electron chi connectivity index (χ0n) is 11.0. The molecule has 2 saturated carbocycles. The van der Waals surface area contributed by atoms with Gasteiger partial charge >= 0.3 is 5.97 Å². The molecule has 0 spiro atoms. The summed E-state index contributed by atoms with van der Waals surface area (Å²) in [6.45, 7) is 4.85. The van der Waals surface area contributed by atoms with Gasteiger partial charge in [0.2, 0.25) is 0 Å². The Hall–Kier alpha value is -0.570. The molecule has 2 aliphatic carbocycles. The van der Waals surface area contributed by atoms with E-state index in [1.54, 1.807) is 0 Å². The SMILES string of the molecule is CCO[C@@H]1C[C@@H]1C(=O)O[C@H]1CCCC[C@@H]1CC. The predicted molar refractivity (Wildman–Crippen MR) is 65.7 cm³/mol. The molecule has 2 aliphatic rings. The molecule has 0 saturated heterocycles. The monoisotopic (exact) mass is 240 g/mol. The molecular weight excluding hydrogens is 216 g/mol. The topological polar surface area (TPSA) is 35.5 Å². The van der Waals surface area contributed by atoms with E-state index in [1.165, 1.54) is 19.3 Å². The highest BCUT2D eigenvalue weighted by molar-refractivity contribution is 5.76. The van der Waals surface area contributed by atoms with E-state index in [4.69, 9.17) is 9.47 Å². The van der Waals surface area contributed by atoms with Gasteiger partial charge in [0.05, 0.1) is 12.0 Å². The van der Waals surface area contributed by atoms with Crippen LogP contribution >= 0.6 is 0 Å². The van der Waals surface area contributed by atoms with Crippen molar-refractivity contribution < 1.29 is 14.3 Å². The summed E-state index contributed by atoms with van der Waals surface area (Å²) in [5.74, 6) is 0.583. The Morgan fingerprint density at radius 3 is 2.65 bits per heavy atom. The van der Waals surface area contributed by atoms with E-state index < -0.39 is 0 Å². The minimum atomic E-state index is -0.0196. The largest absolute Gasteiger partial charge is 0.462 e. The lowest BCUT2D eigenvalue weighted by Gasteiger charge is -2.30. The summed E-state index contributed by atoms with van der Waals surface area (Å²) in [6.07, 6.45) is 7.05. The zero-order valence-corrected chi connectivity index (χ0v) is 11.0. The van der Waals surface area contributed by atoms with Crippen LogP contribution in [0.1, 0.15) is 52.4 Å². The van der Waals surface area contributed by atoms with E-state index in [-0.39, 0.29) is 24.1 Å². The summed E-state index contributed by atoms with van der Waals surface area (Å²) in [5.41, 5.74) is 0. The molecule has 0 bridgehead atoms. The van der Waals surface area contributed by atoms with Crippen LogP contribution in [0.25, 0.3) is 0 Å². The van der Waals surface area contributed by atoms with Crippen LogP contribution in [0.3, 0.4) is 0 Å². The van der Waals surface area contributed by atoms with Crippen molar-refractivity contribution in [3.05, 3.63) is 0 Å². The molecule has 0 radical (unpaired) electrons. The van der Waals surface area contributed by atoms with Gasteiger partial charge in [-0.25, -0.2) is 0 Å². The molecule has 17 heavy (non-hydrogen) atoms. The third-order valence-electron chi connectivity index (χ3n) is 4.05. The lowest BCUT2D eigenvalue weighted by molar-refractivity contribution is -0.156. The number of carbonyl (C=O) groups is 1. The lowest BCUT2D eigenvalue weighted by Crippen LogP contribution is -2.30. The molecule has 0 heterocycles. The van der Waals surface area contributed by atoms with Gasteiger partial charge in [-0.3, -0.25) is 4.79 Å². The average molecular weight is 240 g/mol. The van der Waals surface area contributed by atoms with Gasteiger partial charge in [-0.05, 0) is 44.9 Å². The molecule has 0 N–H and O–H groups in total. The van der Waals surface area contributed by atoms with Crippen LogP contribution in [0, 0.1) is 11.8 Å². The average Bonchev–Trinajstić information content (AvgIpc) is 3.10. The maximum absolute atomic E-state index is 11.9. The number of hydrogen-bond acceptors (Lipinski definition) is 3. The van der Waals surface area contributed by atoms with Crippen LogP contribution < -0.4 is 0 Å². The first-order valence-electron chi connectivity index (χ1n) is 7.08. The second-order valence-electron chi connectivity index (χ2n) is 5.26. The Morgan fingerprint density at radius 2 is 1.94 bits per heavy atom. The number of hydrogen-bond donors (Lipinski definition) is 0. The van der Waals surface area contributed by atoms with Gasteiger partial charge in [0.1, 0.15) is 6.10 Å². The number of carbonyl (C=O) groups excluding carboxylic acids is 1. The first-order valence-corrected chi connectivity index (χ1v) is 7.08. The van der Waals surface area contributed by atoms with Crippen LogP contribution in [0.5, 0.6) is 0 Å². The van der Waals surface area contributed by atoms with E-state index in [1.807, 2.05) is 6.92 Å². The van der Waals surface area contributed by atoms with Crippen molar-refractivity contribution in [2.75, 3.05) is 6.61 Å². The maximum atomic E-state index is 11.9. The molecule has 3 heteroatoms. The third kappa shape index (κ3) is 3.21. The van der Waals surface area contributed by atoms with Crippen LogP contribution in [0.15, 0.2) is 0 Å². The summed E-state index contributed by atoms with van der Waals surface area (Å²) in [7, 11) is 0. The highest BCUT2D eigenvalue weighted by atomic mass is 16.6. The highest BCUT2D eigenvalue weighted by Gasteiger charge is 2.46. The smallest absolute Gasteiger partial charge is 0.311 e. The van der Waals surface area contributed by atoms with Crippen molar-refractivity contribution in [2.24, 2.45) is 11.8 Å². The summed E-state index contributed by atoms with van der Waals surface area (Å²) in [4.78, 5) is 11.9. The molecule has 98 valence electrons. The molecule has 0 aliphatic heterocycles. The Labute approximate surface area is 104 Å². The fourth-order valence-corrected chi connectivity index (χ4v) is 2.85. The molecular formula is C14H24O3. The van der Waals surface area contributed by atoms with Gasteiger partial charge in [0.15, 0.2) is 0 Å². The van der Waals surface area contributed by atoms with Gasteiger partial charge in [-0.15, -0.1) is 0 Å². The molecule has 2 rings (SSSR count). The summed E-state index contributed by atoms with van der Waals surface area (Å²) in [6, 6.07) is 0. The van der Waals surface area contributed by atoms with Crippen LogP contribution in [0.2, 0.25) is 0 Å². The van der Waals surface area contributed by atoms with Gasteiger partial charge in [-0.1, -0.05) is 13.3 Å². The van der Waals surface area contributed by atoms with Crippen molar-refractivity contribution in [3.63, 3.8) is 0 Å². The molecule has 0 aromatic heterocycles. The second-order valence-corrected chi connectivity index (χ2v) is 5.26. The third-order valence-corrected chi connectivity index (χ3v) is 4.05. The molecule has 0 aromatic rings. The fraction of sp³-hybridized carbons (Fsp3) is 0.929. The van der Waals surface area contributed by atoms with E-state index in [0.717, 1.165) is 19.3 Å². The Bertz CT molecular complexity index is 264. The second kappa shape index (κ2) is 5.85. The molecule has 0 aromatic carbocycles. The number of esters is 1. The van der Waals surface area contributed by atoms with Crippen LogP contribution in [-0.2, 0) is 14.3 Å². The lowest BCUT2D eigenvalue weighted by atomic mass is 9.85. The van der Waals surface area contributed by atoms with E-state index in [9.17, 15) is 4.79 Å². The molecule has 0 unspecified atom stereocenters. The predicted octanol–water partition coefficient (Wildman–Crippen LogP) is 2.92. The van der Waals surface area contributed by atoms with Gasteiger partial charge in [-0.2, -0.15) is 0 Å². The molecule has 2 fully saturated rings. The standard InChI is InChI=1S/C14H24O3/c1-3-10-7-5-6-8-12(10)17-14(15)11-9-13(11)16-4-2/h10-13H,3-9H2,1-2H3/t10-,11-,12-,13+/m0/s1. The van der Waals surface area contributed by atoms with Gasteiger partial charge in [0.25, 0.3) is 0 Å². The van der Waals surface area contributed by atoms with E-state index in [2.05, 4.69) is 6.92 Å². The Morgan fingerprint density at radius 1 is 1.18 bits per heavy atom. The van der Waals surface area contributed by atoms with Crippen molar-refractivity contribution >= 4 is 5.97 Å². The zero-order chi connectivity index (χ0) is 12.3. The van der Waals surface area contributed by atoms with E-state index in [0.29, 0.717) is 12.5 Å². The Kier molecular flexibility index (Phi) is 4.43. The van der Waals surface area contributed by atoms with Crippen molar-refractivity contribution in [3.8, 4) is 0 Å². The van der Waals surface area contributed by atoms with Gasteiger partial charge in [0, 0.05) is 6.61 Å². The van der Waals surface area contributed by atoms with Crippen molar-refractivity contribution in [2.45, 2.75) is 64.6 Å². The first kappa shape index (κ1) is 12.9. The fourth-order valence-electron chi connectivity index (χ4n) is 2.85. The van der Waals surface area contributed by atoms with E-state index >= 15 is 0 Å². The van der Waals surface area contributed by atoms with Crippen LogP contribution in [-0.4, -0.2) is 24.8 Å². The first-order chi connectivity index (χ1) is 8.26. The quantitative estimate of drug-likeness (QED) is 0.693. The normalized spacial score (nSPS) is 36.6. The molecule has 4 atom stereocenters. The summed E-state index contributed by atoms with van der Waals surface area (Å²) >= 11 is 0. The highest BCUT2D eigenvalue weighted by Crippen LogP contribution is 2.37. The van der Waals surface area contributed by atoms with Crippen molar-refractivity contribution in [1.29, 1.82) is 0 Å². The minimum Gasteiger partial charge on any atom is -0.462 e. The molecule has 3 nitrogen and oxygen atoms in total. The minimum absolute atomic E-state index is 0.0196.